The molecule has 5 heteroatoms. The van der Waals surface area contributed by atoms with Crippen LogP contribution in [0.1, 0.15) is 44.9 Å². The molecule has 3 aliphatic heterocycles. The van der Waals surface area contributed by atoms with E-state index >= 15 is 0 Å². The van der Waals surface area contributed by atoms with Crippen molar-refractivity contribution in [2.45, 2.75) is 51.0 Å². The Morgan fingerprint density at radius 2 is 1.90 bits per heavy atom. The Hall–Kier alpha value is -1.10. The van der Waals surface area contributed by atoms with Crippen LogP contribution in [-0.2, 0) is 14.3 Å². The van der Waals surface area contributed by atoms with Crippen LogP contribution in [0.4, 0.5) is 0 Å². The number of hydrogen-bond acceptors (Lipinski definition) is 3. The maximum absolute atomic E-state index is 12.3. The predicted octanol–water partition coefficient (Wildman–Crippen LogP) is 1.42. The van der Waals surface area contributed by atoms with Gasteiger partial charge in [0.05, 0.1) is 0 Å². The van der Waals surface area contributed by atoms with Crippen LogP contribution in [0.3, 0.4) is 0 Å². The number of likely N-dealkylation sites (tertiary alicyclic amines) is 2. The fourth-order valence-electron chi connectivity index (χ4n) is 3.68. The highest BCUT2D eigenvalue weighted by atomic mass is 16.5. The van der Waals surface area contributed by atoms with Crippen LogP contribution in [0.2, 0.25) is 0 Å². The summed E-state index contributed by atoms with van der Waals surface area (Å²) in [6.45, 7) is 4.19. The maximum atomic E-state index is 12.3. The lowest BCUT2D eigenvalue weighted by atomic mass is 9.94. The van der Waals surface area contributed by atoms with Crippen molar-refractivity contribution in [2.75, 3.05) is 32.8 Å². The first-order valence-electron chi connectivity index (χ1n) is 8.42. The Bertz CT molecular complexity index is 385. The van der Waals surface area contributed by atoms with Crippen molar-refractivity contribution in [1.29, 1.82) is 0 Å². The van der Waals surface area contributed by atoms with E-state index in [0.29, 0.717) is 11.8 Å². The number of nitrogens with zero attached hydrogens (tertiary/aromatic N) is 2. The first-order chi connectivity index (χ1) is 10.2. The highest BCUT2D eigenvalue weighted by molar-refractivity contribution is 5.81. The third-order valence-corrected chi connectivity index (χ3v) is 5.03. The molecule has 0 aliphatic carbocycles. The fourth-order valence-corrected chi connectivity index (χ4v) is 3.68. The van der Waals surface area contributed by atoms with E-state index in [1.165, 1.54) is 0 Å². The van der Waals surface area contributed by atoms with Crippen molar-refractivity contribution < 1.29 is 14.3 Å². The zero-order valence-electron chi connectivity index (χ0n) is 12.8. The molecular weight excluding hydrogens is 268 g/mol. The van der Waals surface area contributed by atoms with Crippen LogP contribution in [-0.4, -0.2) is 60.5 Å². The van der Waals surface area contributed by atoms with E-state index in [-0.39, 0.29) is 12.0 Å². The highest BCUT2D eigenvalue weighted by Gasteiger charge is 2.31. The molecule has 21 heavy (non-hydrogen) atoms. The molecule has 0 aromatic carbocycles. The summed E-state index contributed by atoms with van der Waals surface area (Å²) in [5, 5.41) is 0. The monoisotopic (exact) mass is 294 g/mol. The second-order valence-electron chi connectivity index (χ2n) is 6.57. The molecule has 5 nitrogen and oxygen atoms in total. The average molecular weight is 294 g/mol. The van der Waals surface area contributed by atoms with Crippen molar-refractivity contribution in [3.05, 3.63) is 0 Å². The summed E-state index contributed by atoms with van der Waals surface area (Å²) in [7, 11) is 0. The molecule has 1 atom stereocenters. The Kier molecular flexibility index (Phi) is 4.78. The van der Waals surface area contributed by atoms with Crippen molar-refractivity contribution >= 4 is 11.8 Å². The molecule has 2 amide bonds. The lowest BCUT2D eigenvalue weighted by Crippen LogP contribution is -2.46. The van der Waals surface area contributed by atoms with Gasteiger partial charge in [-0.3, -0.25) is 9.59 Å². The second-order valence-corrected chi connectivity index (χ2v) is 6.57. The Morgan fingerprint density at radius 3 is 2.57 bits per heavy atom. The zero-order valence-corrected chi connectivity index (χ0v) is 12.8. The van der Waals surface area contributed by atoms with Crippen LogP contribution in [0.15, 0.2) is 0 Å². The summed E-state index contributed by atoms with van der Waals surface area (Å²) in [5.74, 6) is 1.06. The topological polar surface area (TPSA) is 49.9 Å². The summed E-state index contributed by atoms with van der Waals surface area (Å²) >= 11 is 0. The molecule has 3 saturated heterocycles. The minimum absolute atomic E-state index is 0.181. The molecule has 0 radical (unpaired) electrons. The van der Waals surface area contributed by atoms with Crippen LogP contribution in [0.5, 0.6) is 0 Å². The van der Waals surface area contributed by atoms with E-state index in [4.69, 9.17) is 4.74 Å². The van der Waals surface area contributed by atoms with Gasteiger partial charge in [0.15, 0.2) is 0 Å². The predicted molar refractivity (Wildman–Crippen MR) is 78.7 cm³/mol. The number of piperidine rings is 2. The maximum Gasteiger partial charge on any atom is 0.251 e. The highest BCUT2D eigenvalue weighted by Crippen LogP contribution is 2.23. The van der Waals surface area contributed by atoms with Crippen LogP contribution in [0.25, 0.3) is 0 Å². The van der Waals surface area contributed by atoms with Gasteiger partial charge < -0.3 is 14.5 Å². The van der Waals surface area contributed by atoms with Crippen molar-refractivity contribution in [3.8, 4) is 0 Å². The molecule has 0 unspecified atom stereocenters. The molecule has 0 bridgehead atoms. The van der Waals surface area contributed by atoms with Gasteiger partial charge in [0.1, 0.15) is 6.10 Å². The number of amides is 2. The zero-order chi connectivity index (χ0) is 14.7. The Morgan fingerprint density at radius 1 is 1.10 bits per heavy atom. The van der Waals surface area contributed by atoms with E-state index in [9.17, 15) is 9.59 Å². The number of ether oxygens (including phenoxy) is 1. The minimum atomic E-state index is -0.190. The van der Waals surface area contributed by atoms with Gasteiger partial charge in [-0.25, -0.2) is 0 Å². The van der Waals surface area contributed by atoms with Gasteiger partial charge in [0.2, 0.25) is 5.91 Å². The van der Waals surface area contributed by atoms with Gasteiger partial charge >= 0.3 is 0 Å². The summed E-state index contributed by atoms with van der Waals surface area (Å²) in [6.07, 6.45) is 6.63. The molecule has 3 heterocycles. The fraction of sp³-hybridized carbons (Fsp3) is 0.875. The summed E-state index contributed by atoms with van der Waals surface area (Å²) in [6, 6.07) is 0. The third-order valence-electron chi connectivity index (χ3n) is 5.03. The summed E-state index contributed by atoms with van der Waals surface area (Å²) in [4.78, 5) is 28.1. The van der Waals surface area contributed by atoms with Gasteiger partial charge in [0, 0.05) is 39.2 Å². The Labute approximate surface area is 126 Å². The molecule has 118 valence electrons. The van der Waals surface area contributed by atoms with E-state index < -0.39 is 0 Å². The quantitative estimate of drug-likeness (QED) is 0.791. The van der Waals surface area contributed by atoms with Crippen molar-refractivity contribution in [3.63, 3.8) is 0 Å². The van der Waals surface area contributed by atoms with E-state index in [1.54, 1.807) is 0 Å². The molecule has 3 aliphatic rings. The SMILES string of the molecule is O=C1CCCCN1CC1CCN(C(=O)[C@H]2CCCO2)CC1. The molecule has 0 N–H and O–H groups in total. The molecule has 0 aromatic rings. The second kappa shape index (κ2) is 6.77. The molecule has 0 aromatic heterocycles. The molecule has 0 saturated carbocycles. The standard InChI is InChI=1S/C16H26N2O3/c19-15-5-1-2-8-18(15)12-13-6-9-17(10-7-13)16(20)14-4-3-11-21-14/h13-14H,1-12H2/t14-/m1/s1. The van der Waals surface area contributed by atoms with Gasteiger partial charge in [0.25, 0.3) is 5.91 Å². The first-order valence-corrected chi connectivity index (χ1v) is 8.42. The Balaban J connectivity index is 1.44. The summed E-state index contributed by atoms with van der Waals surface area (Å²) in [5.41, 5.74) is 0. The normalized spacial score (nSPS) is 28.2. The van der Waals surface area contributed by atoms with Crippen LogP contribution >= 0.6 is 0 Å². The average Bonchev–Trinajstić information content (AvgIpc) is 3.04. The number of carbonyl (C=O) groups excluding carboxylic acids is 2. The molecule has 3 fully saturated rings. The van der Waals surface area contributed by atoms with Crippen LogP contribution in [0, 0.1) is 5.92 Å². The van der Waals surface area contributed by atoms with Gasteiger partial charge in [-0.2, -0.15) is 0 Å². The lowest BCUT2D eigenvalue weighted by Gasteiger charge is -2.36. The summed E-state index contributed by atoms with van der Waals surface area (Å²) < 4.78 is 5.49. The van der Waals surface area contributed by atoms with Gasteiger partial charge in [-0.15, -0.1) is 0 Å². The minimum Gasteiger partial charge on any atom is -0.368 e. The molecular formula is C16H26N2O3. The van der Waals surface area contributed by atoms with E-state index in [2.05, 4.69) is 0 Å². The van der Waals surface area contributed by atoms with E-state index in [1.807, 2.05) is 9.80 Å². The molecule has 3 rings (SSSR count). The van der Waals surface area contributed by atoms with Crippen molar-refractivity contribution in [1.82, 2.24) is 9.80 Å². The number of carbonyl (C=O) groups is 2. The van der Waals surface area contributed by atoms with E-state index in [0.717, 1.165) is 77.7 Å². The molecule has 0 spiro atoms. The number of hydrogen-bond donors (Lipinski definition) is 0. The largest absolute Gasteiger partial charge is 0.368 e. The number of rotatable bonds is 3. The van der Waals surface area contributed by atoms with Crippen LogP contribution < -0.4 is 0 Å². The lowest BCUT2D eigenvalue weighted by molar-refractivity contribution is -0.143. The van der Waals surface area contributed by atoms with Gasteiger partial charge in [-0.05, 0) is 44.4 Å². The van der Waals surface area contributed by atoms with Crippen molar-refractivity contribution in [2.24, 2.45) is 5.92 Å². The third kappa shape index (κ3) is 3.57. The first kappa shape index (κ1) is 14.8. The van der Waals surface area contributed by atoms with Gasteiger partial charge in [-0.1, -0.05) is 0 Å². The smallest absolute Gasteiger partial charge is 0.251 e.